The summed E-state index contributed by atoms with van der Waals surface area (Å²) >= 11 is 1.48. The molecule has 57 heavy (non-hydrogen) atoms. The van der Waals surface area contributed by atoms with Gasteiger partial charge in [0.05, 0.1) is 22.7 Å². The molecule has 0 atom stereocenters. The third-order valence-corrected chi connectivity index (χ3v) is 13.1. The maximum absolute atomic E-state index is 5.23. The normalized spacial score (nSPS) is 15.4. The number of rotatable bonds is 4. The summed E-state index contributed by atoms with van der Waals surface area (Å²) in [5, 5.41) is 0.923. The minimum Gasteiger partial charge on any atom is -0.310 e. The maximum Gasteiger partial charge on any atom is 0.173 e. The Balaban J connectivity index is 1.10. The van der Waals surface area contributed by atoms with E-state index in [4.69, 9.17) is 9.36 Å². The molecule has 6 aromatic carbocycles. The fourth-order valence-electron chi connectivity index (χ4n) is 8.91. The highest BCUT2D eigenvalue weighted by atomic mass is 32.1. The van der Waals surface area contributed by atoms with Crippen LogP contribution in [-0.4, -0.2) is 9.36 Å². The molecule has 0 bridgehead atoms. The first-order valence-corrected chi connectivity index (χ1v) is 20.9. The van der Waals surface area contributed by atoms with Gasteiger partial charge in [0.15, 0.2) is 5.82 Å². The molecule has 0 saturated heterocycles. The molecular formula is C52H52N4S. The summed E-state index contributed by atoms with van der Waals surface area (Å²) in [7, 11) is 0. The molecule has 0 unspecified atom stereocenters. The molecule has 0 spiro atoms. The molecule has 2 aliphatic heterocycles. The Morgan fingerprint density at radius 1 is 0.456 bits per heavy atom. The van der Waals surface area contributed by atoms with Gasteiger partial charge in [0.1, 0.15) is 5.01 Å². The second-order valence-electron chi connectivity index (χ2n) is 18.9. The summed E-state index contributed by atoms with van der Waals surface area (Å²) in [5.74, 6) is 0.761. The predicted octanol–water partition coefficient (Wildman–Crippen LogP) is 14.7. The maximum atomic E-state index is 5.23. The Morgan fingerprint density at radius 3 is 1.32 bits per heavy atom. The van der Waals surface area contributed by atoms with Crippen molar-refractivity contribution in [1.82, 2.24) is 9.36 Å². The molecule has 0 saturated carbocycles. The number of nitrogens with zero attached hydrogens (tertiary/aromatic N) is 4. The number of para-hydroxylation sites is 2. The van der Waals surface area contributed by atoms with Crippen molar-refractivity contribution in [1.29, 1.82) is 0 Å². The molecule has 1 aromatic heterocycles. The summed E-state index contributed by atoms with van der Waals surface area (Å²) in [6, 6.07) is 49.5. The van der Waals surface area contributed by atoms with Gasteiger partial charge < -0.3 is 9.80 Å². The van der Waals surface area contributed by atoms with Gasteiger partial charge in [0.2, 0.25) is 0 Å². The van der Waals surface area contributed by atoms with E-state index >= 15 is 0 Å². The first-order chi connectivity index (χ1) is 27.0. The standard InChI is InChI=1S/C52H52N4S/c1-49(2,3)35-21-25-37(26-22-35)55-43-17-13-11-15-39(43)51(7,8)41-31-33(19-29-45(41)55)47-53-48(57-54-47)34-20-30-46-42(32-34)52(9,10)40-16-12-14-18-44(40)56(46)38-27-23-36(24-28-38)50(4,5)6/h11-32H,1-10H3. The van der Waals surface area contributed by atoms with Crippen LogP contribution in [0.25, 0.3) is 22.0 Å². The van der Waals surface area contributed by atoms with Crippen molar-refractivity contribution in [3.63, 3.8) is 0 Å². The molecule has 0 N–H and O–H groups in total. The van der Waals surface area contributed by atoms with E-state index in [0.29, 0.717) is 0 Å². The van der Waals surface area contributed by atoms with Gasteiger partial charge in [-0.05, 0) is 129 Å². The molecule has 9 rings (SSSR count). The average molecular weight is 765 g/mol. The van der Waals surface area contributed by atoms with Crippen LogP contribution in [0, 0.1) is 0 Å². The van der Waals surface area contributed by atoms with Crippen LogP contribution in [0.2, 0.25) is 0 Å². The van der Waals surface area contributed by atoms with Crippen molar-refractivity contribution in [2.24, 2.45) is 0 Å². The molecular weight excluding hydrogens is 713 g/mol. The van der Waals surface area contributed by atoms with Crippen LogP contribution in [0.4, 0.5) is 34.1 Å². The summed E-state index contributed by atoms with van der Waals surface area (Å²) < 4.78 is 5.00. The van der Waals surface area contributed by atoms with Gasteiger partial charge >= 0.3 is 0 Å². The smallest absolute Gasteiger partial charge is 0.173 e. The van der Waals surface area contributed by atoms with Crippen molar-refractivity contribution in [3.05, 3.63) is 167 Å². The number of fused-ring (bicyclic) bond motifs is 4. The molecule has 0 aliphatic carbocycles. The number of aromatic nitrogens is 2. The topological polar surface area (TPSA) is 32.3 Å². The monoisotopic (exact) mass is 764 g/mol. The van der Waals surface area contributed by atoms with Gasteiger partial charge in [0.25, 0.3) is 0 Å². The van der Waals surface area contributed by atoms with Crippen LogP contribution in [-0.2, 0) is 21.7 Å². The first kappa shape index (κ1) is 37.1. The molecule has 5 heteroatoms. The lowest BCUT2D eigenvalue weighted by Crippen LogP contribution is -2.30. The minimum absolute atomic E-state index is 0.0898. The van der Waals surface area contributed by atoms with Crippen molar-refractivity contribution in [2.75, 3.05) is 9.80 Å². The Kier molecular flexibility index (Phi) is 8.46. The van der Waals surface area contributed by atoms with E-state index in [9.17, 15) is 0 Å². The van der Waals surface area contributed by atoms with E-state index in [1.807, 2.05) is 0 Å². The molecule has 7 aromatic rings. The highest BCUT2D eigenvalue weighted by molar-refractivity contribution is 7.09. The van der Waals surface area contributed by atoms with E-state index in [-0.39, 0.29) is 21.7 Å². The zero-order valence-electron chi connectivity index (χ0n) is 34.9. The Bertz CT molecular complexity index is 2470. The SMILES string of the molecule is CC(C)(C)c1ccc(N2c3ccccc3C(C)(C)c3cc(-c4nsc(-c5ccc6c(c5)C(C)(C)c5ccccc5N6c5ccc(C(C)(C)C)cc5)n4)ccc32)cc1. The Morgan fingerprint density at radius 2 is 0.860 bits per heavy atom. The molecule has 4 nitrogen and oxygen atoms in total. The lowest BCUT2D eigenvalue weighted by atomic mass is 9.73. The molecule has 3 heterocycles. The molecule has 0 fully saturated rings. The van der Waals surface area contributed by atoms with Crippen LogP contribution in [0.5, 0.6) is 0 Å². The largest absolute Gasteiger partial charge is 0.310 e. The van der Waals surface area contributed by atoms with E-state index in [1.165, 1.54) is 67.7 Å². The minimum atomic E-state index is -0.220. The second kappa shape index (κ2) is 13.0. The summed E-state index contributed by atoms with van der Waals surface area (Å²) in [5.41, 5.74) is 16.8. The quantitative estimate of drug-likeness (QED) is 0.179. The van der Waals surface area contributed by atoms with Gasteiger partial charge in [-0.25, -0.2) is 4.98 Å². The van der Waals surface area contributed by atoms with Gasteiger partial charge in [-0.2, -0.15) is 4.37 Å². The van der Waals surface area contributed by atoms with Crippen molar-refractivity contribution in [2.45, 2.75) is 90.9 Å². The lowest BCUT2D eigenvalue weighted by Gasteiger charge is -2.42. The van der Waals surface area contributed by atoms with Crippen molar-refractivity contribution in [3.8, 4) is 22.0 Å². The van der Waals surface area contributed by atoms with Gasteiger partial charge in [0, 0.05) is 33.3 Å². The summed E-state index contributed by atoms with van der Waals surface area (Å²) in [4.78, 5) is 10.1. The summed E-state index contributed by atoms with van der Waals surface area (Å²) in [6.45, 7) is 23.0. The molecule has 0 amide bonds. The van der Waals surface area contributed by atoms with Gasteiger partial charge in [-0.15, -0.1) is 0 Å². The fraction of sp³-hybridized carbons (Fsp3) is 0.269. The lowest BCUT2D eigenvalue weighted by molar-refractivity contribution is 0.590. The summed E-state index contributed by atoms with van der Waals surface area (Å²) in [6.07, 6.45) is 0. The zero-order valence-corrected chi connectivity index (χ0v) is 35.7. The number of benzene rings is 6. The third-order valence-electron chi connectivity index (χ3n) is 12.4. The van der Waals surface area contributed by atoms with E-state index in [1.54, 1.807) is 0 Å². The zero-order chi connectivity index (χ0) is 40.1. The highest BCUT2D eigenvalue weighted by Gasteiger charge is 2.39. The Labute approximate surface area is 343 Å². The molecule has 286 valence electrons. The number of anilines is 6. The van der Waals surface area contributed by atoms with Gasteiger partial charge in [-0.1, -0.05) is 130 Å². The number of hydrogen-bond donors (Lipinski definition) is 0. The molecule has 0 radical (unpaired) electrons. The highest BCUT2D eigenvalue weighted by Crippen LogP contribution is 2.54. The van der Waals surface area contributed by atoms with E-state index in [0.717, 1.165) is 33.3 Å². The molecule has 2 aliphatic rings. The van der Waals surface area contributed by atoms with Crippen LogP contribution in [0.3, 0.4) is 0 Å². The van der Waals surface area contributed by atoms with Crippen LogP contribution >= 0.6 is 11.5 Å². The van der Waals surface area contributed by atoms with Crippen molar-refractivity contribution >= 4 is 45.7 Å². The van der Waals surface area contributed by atoms with Crippen LogP contribution in [0.15, 0.2) is 133 Å². The van der Waals surface area contributed by atoms with Crippen LogP contribution < -0.4 is 9.80 Å². The average Bonchev–Trinajstić information content (AvgIpc) is 3.69. The van der Waals surface area contributed by atoms with E-state index < -0.39 is 0 Å². The predicted molar refractivity (Wildman–Crippen MR) is 242 cm³/mol. The van der Waals surface area contributed by atoms with Crippen molar-refractivity contribution < 1.29 is 0 Å². The third kappa shape index (κ3) is 6.10. The van der Waals surface area contributed by atoms with E-state index in [2.05, 4.69) is 212 Å². The second-order valence-corrected chi connectivity index (χ2v) is 19.7. The Hall–Kier alpha value is -5.52. The van der Waals surface area contributed by atoms with Crippen LogP contribution in [0.1, 0.15) is 103 Å². The number of hydrogen-bond acceptors (Lipinski definition) is 5. The first-order valence-electron chi connectivity index (χ1n) is 20.2. The fourth-order valence-corrected chi connectivity index (χ4v) is 9.59. The van der Waals surface area contributed by atoms with Gasteiger partial charge in [-0.3, -0.25) is 0 Å².